The van der Waals surface area contributed by atoms with Crippen LogP contribution < -0.4 is 10.4 Å². The summed E-state index contributed by atoms with van der Waals surface area (Å²) in [6, 6.07) is 7.75. The number of hydrogen-bond acceptors (Lipinski definition) is 4. The number of benzene rings is 1. The summed E-state index contributed by atoms with van der Waals surface area (Å²) in [5.41, 5.74) is 1.09. The average Bonchev–Trinajstić information content (AvgIpc) is 3.02. The fourth-order valence-corrected chi connectivity index (χ4v) is 3.57. The zero-order valence-corrected chi connectivity index (χ0v) is 14.8. The van der Waals surface area contributed by atoms with Crippen molar-refractivity contribution in [1.82, 2.24) is 0 Å². The Kier molecular flexibility index (Phi) is 4.06. The van der Waals surface area contributed by atoms with E-state index >= 15 is 0 Å². The normalized spacial score (nSPS) is 22.7. The van der Waals surface area contributed by atoms with Crippen LogP contribution in [-0.4, -0.2) is 38.3 Å². The molecule has 0 spiro atoms. The first kappa shape index (κ1) is 16.5. The maximum Gasteiger partial charge on any atom is 0.494 e. The predicted octanol–water partition coefficient (Wildman–Crippen LogP) is 1.59. The van der Waals surface area contributed by atoms with E-state index in [9.17, 15) is 8.42 Å². The van der Waals surface area contributed by atoms with Gasteiger partial charge in [-0.15, -0.1) is 0 Å². The van der Waals surface area contributed by atoms with Crippen molar-refractivity contribution >= 4 is 33.6 Å². The second-order valence-electron chi connectivity index (χ2n) is 7.06. The summed E-state index contributed by atoms with van der Waals surface area (Å²) < 4.78 is 34.6. The topological polar surface area (TPSA) is 55.8 Å². The highest BCUT2D eigenvalue weighted by Crippen LogP contribution is 2.36. The highest BCUT2D eigenvalue weighted by molar-refractivity contribution is 7.73. The third kappa shape index (κ3) is 2.93. The van der Waals surface area contributed by atoms with Gasteiger partial charge in [0.2, 0.25) is 10.3 Å². The molecule has 23 heavy (non-hydrogen) atoms. The quantitative estimate of drug-likeness (QED) is 0.607. The average molecular weight is 335 g/mol. The van der Waals surface area contributed by atoms with E-state index in [1.807, 2.05) is 56.9 Å². The van der Waals surface area contributed by atoms with Gasteiger partial charge in [0, 0.05) is 18.7 Å². The van der Waals surface area contributed by atoms with Crippen molar-refractivity contribution in [2.45, 2.75) is 51.7 Å². The largest absolute Gasteiger partial charge is 0.494 e. The van der Waals surface area contributed by atoms with E-state index in [0.717, 1.165) is 24.1 Å². The second-order valence-corrected chi connectivity index (χ2v) is 8.00. The Balaban J connectivity index is 1.83. The van der Waals surface area contributed by atoms with Crippen LogP contribution >= 0.6 is 0 Å². The van der Waals surface area contributed by atoms with E-state index < -0.39 is 17.4 Å². The third-order valence-electron chi connectivity index (χ3n) is 5.00. The van der Waals surface area contributed by atoms with Gasteiger partial charge in [-0.1, -0.05) is 12.1 Å². The van der Waals surface area contributed by atoms with Crippen molar-refractivity contribution in [2.75, 3.05) is 11.4 Å². The van der Waals surface area contributed by atoms with Gasteiger partial charge in [0.05, 0.1) is 11.2 Å². The maximum atomic E-state index is 11.3. The lowest BCUT2D eigenvalue weighted by atomic mass is 9.79. The Hall–Kier alpha value is -1.31. The lowest BCUT2D eigenvalue weighted by Gasteiger charge is -2.32. The van der Waals surface area contributed by atoms with Gasteiger partial charge in [-0.2, -0.15) is 8.42 Å². The van der Waals surface area contributed by atoms with Crippen LogP contribution in [0.3, 0.4) is 0 Å². The molecule has 0 aliphatic carbocycles. The molecule has 2 aliphatic heterocycles. The molecule has 0 amide bonds. The summed E-state index contributed by atoms with van der Waals surface area (Å²) in [6.45, 7) is 8.83. The summed E-state index contributed by atoms with van der Waals surface area (Å²) in [4.78, 5) is 2.32. The van der Waals surface area contributed by atoms with Crippen LogP contribution in [0.2, 0.25) is 0 Å². The van der Waals surface area contributed by atoms with E-state index in [1.54, 1.807) is 0 Å². The van der Waals surface area contributed by atoms with Crippen molar-refractivity contribution in [3.63, 3.8) is 0 Å². The molecule has 2 saturated heterocycles. The Labute approximate surface area is 139 Å². The van der Waals surface area contributed by atoms with Crippen LogP contribution in [0.1, 0.15) is 40.5 Å². The molecule has 0 saturated carbocycles. The van der Waals surface area contributed by atoms with Crippen molar-refractivity contribution in [3.8, 4) is 0 Å². The standard InChI is InChI=1S/C16H22BNO4S/c1-15(2)16(3,4)22-17(21-15)12-7-9-13(10-8-12)18-11-5-6-14(18)23(19)20/h7-10H,5-6,11H2,1-4H3. The molecule has 0 N–H and O–H groups in total. The lowest BCUT2D eigenvalue weighted by molar-refractivity contribution is 0.00578. The van der Waals surface area contributed by atoms with Crippen LogP contribution in [0.15, 0.2) is 24.3 Å². The van der Waals surface area contributed by atoms with Gasteiger partial charge >= 0.3 is 7.12 Å². The first-order chi connectivity index (χ1) is 10.7. The number of rotatable bonds is 2. The summed E-state index contributed by atoms with van der Waals surface area (Å²) >= 11 is 0. The summed E-state index contributed by atoms with van der Waals surface area (Å²) in [5.74, 6) is 0. The van der Waals surface area contributed by atoms with Gasteiger partial charge in [-0.05, 0) is 51.7 Å². The maximum absolute atomic E-state index is 11.3. The molecule has 3 rings (SSSR count). The van der Waals surface area contributed by atoms with Crippen molar-refractivity contribution in [1.29, 1.82) is 0 Å². The predicted molar refractivity (Wildman–Crippen MR) is 92.7 cm³/mol. The molecule has 2 heterocycles. The monoisotopic (exact) mass is 335 g/mol. The van der Waals surface area contributed by atoms with E-state index in [4.69, 9.17) is 9.31 Å². The molecule has 7 heteroatoms. The molecule has 1 aromatic rings. The number of anilines is 1. The van der Waals surface area contributed by atoms with Gasteiger partial charge in [-0.3, -0.25) is 0 Å². The number of hydrogen-bond donors (Lipinski definition) is 0. The van der Waals surface area contributed by atoms with Crippen LogP contribution in [0.4, 0.5) is 5.69 Å². The molecule has 0 radical (unpaired) electrons. The summed E-state index contributed by atoms with van der Waals surface area (Å²) in [6.07, 6.45) is 1.47. The van der Waals surface area contributed by atoms with Crippen molar-refractivity contribution in [3.05, 3.63) is 24.3 Å². The molecule has 0 bridgehead atoms. The minimum Gasteiger partial charge on any atom is -0.399 e. The van der Waals surface area contributed by atoms with Crippen LogP contribution in [0, 0.1) is 0 Å². The molecule has 2 aliphatic rings. The van der Waals surface area contributed by atoms with Crippen LogP contribution in [0.25, 0.3) is 0 Å². The first-order valence-corrected chi connectivity index (χ1v) is 8.97. The van der Waals surface area contributed by atoms with Crippen molar-refractivity contribution < 1.29 is 17.7 Å². The highest BCUT2D eigenvalue weighted by Gasteiger charge is 2.51. The zero-order valence-electron chi connectivity index (χ0n) is 14.0. The zero-order chi connectivity index (χ0) is 16.8. The third-order valence-corrected chi connectivity index (χ3v) is 5.81. The minimum absolute atomic E-state index is 0.369. The summed E-state index contributed by atoms with van der Waals surface area (Å²) in [5, 5.41) is 0. The molecule has 0 atom stereocenters. The second kappa shape index (κ2) is 5.65. The summed E-state index contributed by atoms with van der Waals surface area (Å²) in [7, 11) is -2.55. The van der Waals surface area contributed by atoms with E-state index in [0.29, 0.717) is 11.4 Å². The molecule has 5 nitrogen and oxygen atoms in total. The SMILES string of the molecule is CC1(C)OB(c2ccc(N3CCCC3=S(=O)=O)cc2)OC1(C)C. The van der Waals surface area contributed by atoms with Gasteiger partial charge in [-0.25, -0.2) is 0 Å². The minimum atomic E-state index is -2.16. The van der Waals surface area contributed by atoms with Crippen molar-refractivity contribution in [2.24, 2.45) is 0 Å². The number of nitrogens with zero attached hydrogens (tertiary/aromatic N) is 1. The fourth-order valence-electron chi connectivity index (χ4n) is 2.88. The Bertz CT molecular complexity index is 716. The Morgan fingerprint density at radius 2 is 1.61 bits per heavy atom. The highest BCUT2D eigenvalue weighted by atomic mass is 32.2. The van der Waals surface area contributed by atoms with Gasteiger partial charge in [0.1, 0.15) is 4.99 Å². The van der Waals surface area contributed by atoms with Crippen LogP contribution in [0.5, 0.6) is 0 Å². The molecule has 0 unspecified atom stereocenters. The van der Waals surface area contributed by atoms with E-state index in [-0.39, 0.29) is 11.2 Å². The lowest BCUT2D eigenvalue weighted by Crippen LogP contribution is -2.41. The van der Waals surface area contributed by atoms with E-state index in [2.05, 4.69) is 0 Å². The smallest absolute Gasteiger partial charge is 0.399 e. The molecular formula is C16H22BNO4S. The first-order valence-electron chi connectivity index (χ1n) is 7.89. The molecule has 2 fully saturated rings. The fraction of sp³-hybridized carbons (Fsp3) is 0.562. The van der Waals surface area contributed by atoms with E-state index in [1.165, 1.54) is 0 Å². The molecular weight excluding hydrogens is 313 g/mol. The molecule has 1 aromatic carbocycles. The van der Waals surface area contributed by atoms with Gasteiger partial charge < -0.3 is 14.2 Å². The molecule has 124 valence electrons. The van der Waals surface area contributed by atoms with Gasteiger partial charge in [0.25, 0.3) is 0 Å². The Morgan fingerprint density at radius 3 is 2.13 bits per heavy atom. The van der Waals surface area contributed by atoms with Gasteiger partial charge in [0.15, 0.2) is 0 Å². The van der Waals surface area contributed by atoms with Crippen LogP contribution in [-0.2, 0) is 19.6 Å². The Morgan fingerprint density at radius 1 is 1.04 bits per heavy atom. The molecule has 0 aromatic heterocycles.